The summed E-state index contributed by atoms with van der Waals surface area (Å²) in [7, 11) is 0. The molecule has 1 amide bonds. The molecule has 1 unspecified atom stereocenters. The molecule has 0 aromatic carbocycles. The summed E-state index contributed by atoms with van der Waals surface area (Å²) >= 11 is 0. The van der Waals surface area contributed by atoms with Crippen molar-refractivity contribution in [2.45, 2.75) is 18.9 Å². The molecule has 1 aromatic rings. The quantitative estimate of drug-likeness (QED) is 0.713. The monoisotopic (exact) mass is 221 g/mol. The fourth-order valence-electron chi connectivity index (χ4n) is 1.85. The summed E-state index contributed by atoms with van der Waals surface area (Å²) in [5.41, 5.74) is 5.07. The fourth-order valence-corrected chi connectivity index (χ4v) is 1.85. The SMILES string of the molecule is CC1(O)CCN(C(=O)c2cccc(N)n2)C1. The number of likely N-dealkylation sites (tertiary alicyclic amines) is 1. The Morgan fingerprint density at radius 1 is 1.62 bits per heavy atom. The van der Waals surface area contributed by atoms with Crippen LogP contribution in [0.2, 0.25) is 0 Å². The van der Waals surface area contributed by atoms with Crippen LogP contribution >= 0.6 is 0 Å². The number of anilines is 1. The molecule has 1 fully saturated rings. The highest BCUT2D eigenvalue weighted by Gasteiger charge is 2.34. The first-order chi connectivity index (χ1) is 7.48. The van der Waals surface area contributed by atoms with E-state index in [0.29, 0.717) is 31.0 Å². The Balaban J connectivity index is 2.15. The fraction of sp³-hybridized carbons (Fsp3) is 0.455. The number of nitrogens with zero attached hydrogens (tertiary/aromatic N) is 2. The number of amides is 1. The minimum atomic E-state index is -0.782. The maximum Gasteiger partial charge on any atom is 0.272 e. The second-order valence-electron chi connectivity index (χ2n) is 4.42. The van der Waals surface area contributed by atoms with Gasteiger partial charge in [-0.2, -0.15) is 0 Å². The molecule has 2 heterocycles. The topological polar surface area (TPSA) is 79.5 Å². The summed E-state index contributed by atoms with van der Waals surface area (Å²) in [6.45, 7) is 2.64. The van der Waals surface area contributed by atoms with E-state index in [1.165, 1.54) is 0 Å². The Hall–Kier alpha value is -1.62. The third-order valence-corrected chi connectivity index (χ3v) is 2.73. The number of nitrogens with two attached hydrogens (primary N) is 1. The molecule has 5 nitrogen and oxygen atoms in total. The summed E-state index contributed by atoms with van der Waals surface area (Å²) < 4.78 is 0. The van der Waals surface area contributed by atoms with E-state index in [0.717, 1.165) is 0 Å². The third kappa shape index (κ3) is 2.14. The van der Waals surface area contributed by atoms with E-state index in [9.17, 15) is 9.90 Å². The van der Waals surface area contributed by atoms with Crippen LogP contribution in [0.25, 0.3) is 0 Å². The molecule has 0 saturated carbocycles. The van der Waals surface area contributed by atoms with Crippen LogP contribution in [0.15, 0.2) is 18.2 Å². The lowest BCUT2D eigenvalue weighted by Crippen LogP contribution is -2.34. The molecular formula is C11H15N3O2. The summed E-state index contributed by atoms with van der Waals surface area (Å²) in [6.07, 6.45) is 0.598. The predicted molar refractivity (Wildman–Crippen MR) is 59.8 cm³/mol. The van der Waals surface area contributed by atoms with Crippen LogP contribution in [0, 0.1) is 0 Å². The summed E-state index contributed by atoms with van der Waals surface area (Å²) in [5, 5.41) is 9.78. The molecule has 1 aliphatic rings. The molecule has 86 valence electrons. The average Bonchev–Trinajstić information content (AvgIpc) is 2.58. The average molecular weight is 221 g/mol. The van der Waals surface area contributed by atoms with Crippen LogP contribution in [0.1, 0.15) is 23.8 Å². The van der Waals surface area contributed by atoms with Gasteiger partial charge in [0.15, 0.2) is 0 Å². The van der Waals surface area contributed by atoms with Crippen molar-refractivity contribution in [3.63, 3.8) is 0 Å². The smallest absolute Gasteiger partial charge is 0.272 e. The van der Waals surface area contributed by atoms with Gasteiger partial charge in [0.1, 0.15) is 11.5 Å². The number of hydrogen-bond donors (Lipinski definition) is 2. The van der Waals surface area contributed by atoms with Crippen LogP contribution in [0.5, 0.6) is 0 Å². The zero-order valence-electron chi connectivity index (χ0n) is 9.18. The highest BCUT2D eigenvalue weighted by atomic mass is 16.3. The Morgan fingerprint density at radius 2 is 2.38 bits per heavy atom. The van der Waals surface area contributed by atoms with Crippen molar-refractivity contribution < 1.29 is 9.90 Å². The number of aromatic nitrogens is 1. The summed E-state index contributed by atoms with van der Waals surface area (Å²) in [6, 6.07) is 4.96. The van der Waals surface area contributed by atoms with Crippen LogP contribution < -0.4 is 5.73 Å². The van der Waals surface area contributed by atoms with Crippen LogP contribution in [0.4, 0.5) is 5.82 Å². The highest BCUT2D eigenvalue weighted by Crippen LogP contribution is 2.21. The number of rotatable bonds is 1. The normalized spacial score (nSPS) is 24.8. The van der Waals surface area contributed by atoms with Crippen LogP contribution in [-0.2, 0) is 0 Å². The molecule has 1 aromatic heterocycles. The van der Waals surface area contributed by atoms with E-state index in [1.807, 2.05) is 0 Å². The van der Waals surface area contributed by atoms with Crippen molar-refractivity contribution in [1.82, 2.24) is 9.88 Å². The van der Waals surface area contributed by atoms with E-state index in [-0.39, 0.29) is 5.91 Å². The number of carbonyl (C=O) groups is 1. The van der Waals surface area contributed by atoms with Crippen LogP contribution in [-0.4, -0.2) is 39.6 Å². The van der Waals surface area contributed by atoms with Crippen molar-refractivity contribution in [1.29, 1.82) is 0 Å². The molecule has 0 aliphatic carbocycles. The molecule has 1 atom stereocenters. The Labute approximate surface area is 93.9 Å². The van der Waals surface area contributed by atoms with Gasteiger partial charge >= 0.3 is 0 Å². The molecule has 5 heteroatoms. The predicted octanol–water partition coefficient (Wildman–Crippen LogP) is 0.261. The molecule has 2 rings (SSSR count). The molecule has 0 spiro atoms. The van der Waals surface area contributed by atoms with E-state index in [1.54, 1.807) is 30.0 Å². The first-order valence-electron chi connectivity index (χ1n) is 5.22. The number of nitrogen functional groups attached to an aromatic ring is 1. The molecule has 0 bridgehead atoms. The lowest BCUT2D eigenvalue weighted by molar-refractivity contribution is 0.0569. The van der Waals surface area contributed by atoms with Crippen molar-refractivity contribution in [2.75, 3.05) is 18.8 Å². The largest absolute Gasteiger partial charge is 0.388 e. The summed E-state index contributed by atoms with van der Waals surface area (Å²) in [4.78, 5) is 17.6. The zero-order chi connectivity index (χ0) is 11.8. The van der Waals surface area contributed by atoms with Gasteiger partial charge in [0.2, 0.25) is 0 Å². The van der Waals surface area contributed by atoms with Gasteiger partial charge in [-0.05, 0) is 25.5 Å². The second-order valence-corrected chi connectivity index (χ2v) is 4.42. The zero-order valence-corrected chi connectivity index (χ0v) is 9.18. The minimum absolute atomic E-state index is 0.176. The van der Waals surface area contributed by atoms with E-state index in [4.69, 9.17) is 5.73 Å². The number of pyridine rings is 1. The number of aliphatic hydroxyl groups is 1. The van der Waals surface area contributed by atoms with E-state index < -0.39 is 5.60 Å². The van der Waals surface area contributed by atoms with Gasteiger partial charge in [0.05, 0.1) is 5.60 Å². The second kappa shape index (κ2) is 3.75. The maximum atomic E-state index is 12.0. The molecule has 3 N–H and O–H groups in total. The van der Waals surface area contributed by atoms with Crippen molar-refractivity contribution in [3.05, 3.63) is 23.9 Å². The van der Waals surface area contributed by atoms with Crippen molar-refractivity contribution in [3.8, 4) is 0 Å². The molecule has 16 heavy (non-hydrogen) atoms. The van der Waals surface area contributed by atoms with Gasteiger partial charge in [-0.1, -0.05) is 6.07 Å². The van der Waals surface area contributed by atoms with Gasteiger partial charge in [0.25, 0.3) is 5.91 Å². The summed E-state index contributed by atoms with van der Waals surface area (Å²) in [5.74, 6) is 0.155. The van der Waals surface area contributed by atoms with Crippen molar-refractivity contribution in [2.24, 2.45) is 0 Å². The van der Waals surface area contributed by atoms with Gasteiger partial charge in [-0.25, -0.2) is 4.98 Å². The number of β-amino-alcohol motifs (C(OH)–C–C–N with tert-alkyl or cyclic N) is 1. The lowest BCUT2D eigenvalue weighted by atomic mass is 10.1. The Morgan fingerprint density at radius 3 is 2.94 bits per heavy atom. The maximum absolute atomic E-state index is 12.0. The number of carbonyl (C=O) groups excluding carboxylic acids is 1. The van der Waals surface area contributed by atoms with Gasteiger partial charge in [-0.15, -0.1) is 0 Å². The minimum Gasteiger partial charge on any atom is -0.388 e. The van der Waals surface area contributed by atoms with E-state index in [2.05, 4.69) is 4.98 Å². The van der Waals surface area contributed by atoms with E-state index >= 15 is 0 Å². The van der Waals surface area contributed by atoms with Gasteiger partial charge in [-0.3, -0.25) is 4.79 Å². The standard InChI is InChI=1S/C11H15N3O2/c1-11(16)5-6-14(7-11)10(15)8-3-2-4-9(12)13-8/h2-4,16H,5-7H2,1H3,(H2,12,13). The Bertz CT molecular complexity index is 417. The van der Waals surface area contributed by atoms with Gasteiger partial charge in [0, 0.05) is 13.1 Å². The lowest BCUT2D eigenvalue weighted by Gasteiger charge is -2.18. The Kier molecular flexibility index (Phi) is 2.55. The molecular weight excluding hydrogens is 206 g/mol. The highest BCUT2D eigenvalue weighted by molar-refractivity contribution is 5.92. The van der Waals surface area contributed by atoms with Crippen molar-refractivity contribution >= 4 is 11.7 Å². The molecule has 1 saturated heterocycles. The van der Waals surface area contributed by atoms with Gasteiger partial charge < -0.3 is 15.7 Å². The number of hydrogen-bond acceptors (Lipinski definition) is 4. The third-order valence-electron chi connectivity index (χ3n) is 2.73. The van der Waals surface area contributed by atoms with Crippen LogP contribution in [0.3, 0.4) is 0 Å². The molecule has 0 radical (unpaired) electrons. The molecule has 1 aliphatic heterocycles. The first kappa shape index (κ1) is 10.9. The first-order valence-corrected chi connectivity index (χ1v) is 5.22.